The van der Waals surface area contributed by atoms with Crippen molar-refractivity contribution in [3.63, 3.8) is 0 Å². The number of hydrogen-bond donors (Lipinski definition) is 0. The fourth-order valence-electron chi connectivity index (χ4n) is 2.18. The zero-order valence-corrected chi connectivity index (χ0v) is 14.1. The fourth-order valence-corrected chi connectivity index (χ4v) is 2.71. The van der Waals surface area contributed by atoms with E-state index in [0.717, 1.165) is 17.7 Å². The van der Waals surface area contributed by atoms with Crippen LogP contribution in [0.2, 0.25) is 0 Å². The first-order chi connectivity index (χ1) is 9.11. The van der Waals surface area contributed by atoms with Crippen LogP contribution in [0.1, 0.15) is 34.6 Å². The van der Waals surface area contributed by atoms with Crippen LogP contribution in [-0.4, -0.2) is 12.5 Å². The molecule has 0 aromatic heterocycles. The minimum absolute atomic E-state index is 0.0688. The van der Waals surface area contributed by atoms with Crippen LogP contribution < -0.4 is 4.90 Å². The number of hydrogen-bond acceptors (Lipinski definition) is 1. The molecule has 1 aliphatic heterocycles. The van der Waals surface area contributed by atoms with Crippen molar-refractivity contribution in [1.29, 1.82) is 0 Å². The van der Waals surface area contributed by atoms with Crippen molar-refractivity contribution >= 4 is 43.5 Å². The average molecular weight is 387 g/mol. The molecule has 0 unspecified atom stereocenters. The molecule has 1 aromatic carbocycles. The average Bonchev–Trinajstić information content (AvgIpc) is 2.82. The number of aryl methyl sites for hydroxylation is 1. The molecular formula is C15H17Br2NO. The molecular weight excluding hydrogens is 370 g/mol. The minimum Gasteiger partial charge on any atom is -0.305 e. The number of unbranched alkanes of at least 4 members (excludes halogenated alkanes) is 1. The van der Waals surface area contributed by atoms with Crippen LogP contribution in [-0.2, 0) is 11.2 Å². The summed E-state index contributed by atoms with van der Waals surface area (Å²) in [5, 5.41) is 0. The number of alkyl halides is 2. The largest absolute Gasteiger partial charge is 0.305 e. The van der Waals surface area contributed by atoms with E-state index in [-0.39, 0.29) is 9.64 Å². The molecule has 19 heavy (non-hydrogen) atoms. The molecule has 2 rings (SSSR count). The lowest BCUT2D eigenvalue weighted by Crippen LogP contribution is -2.24. The number of halogens is 2. The Morgan fingerprint density at radius 2 is 2.11 bits per heavy atom. The van der Waals surface area contributed by atoms with Crippen LogP contribution >= 0.6 is 31.9 Å². The Morgan fingerprint density at radius 1 is 1.32 bits per heavy atom. The molecule has 0 bridgehead atoms. The predicted molar refractivity (Wildman–Crippen MR) is 87.1 cm³/mol. The van der Waals surface area contributed by atoms with Gasteiger partial charge in [-0.1, -0.05) is 57.3 Å². The molecule has 1 amide bonds. The third-order valence-electron chi connectivity index (χ3n) is 3.20. The lowest BCUT2D eigenvalue weighted by molar-refractivity contribution is -0.113. The van der Waals surface area contributed by atoms with E-state index < -0.39 is 0 Å². The second kappa shape index (κ2) is 6.71. The van der Waals surface area contributed by atoms with E-state index in [1.807, 2.05) is 6.08 Å². The van der Waals surface area contributed by atoms with Crippen molar-refractivity contribution in [2.75, 3.05) is 11.4 Å². The summed E-state index contributed by atoms with van der Waals surface area (Å²) in [6, 6.07) is 6.39. The minimum atomic E-state index is 0.0688. The lowest BCUT2D eigenvalue weighted by atomic mass is 10.0. The number of carbonyl (C=O) groups is 1. The van der Waals surface area contributed by atoms with Crippen LogP contribution in [0.25, 0.3) is 0 Å². The Balaban J connectivity index is 2.31. The van der Waals surface area contributed by atoms with E-state index in [9.17, 15) is 4.79 Å². The summed E-state index contributed by atoms with van der Waals surface area (Å²) in [5.74, 6) is 0.0688. The number of rotatable bonds is 5. The number of carbonyl (C=O) groups excluding carboxylic acids is 1. The maximum atomic E-state index is 11.8. The third-order valence-corrected chi connectivity index (χ3v) is 4.25. The molecule has 2 nitrogen and oxygen atoms in total. The Labute approximate surface area is 131 Å². The predicted octanol–water partition coefficient (Wildman–Crippen LogP) is 4.72. The molecule has 4 heteroatoms. The van der Waals surface area contributed by atoms with E-state index in [4.69, 9.17) is 0 Å². The summed E-state index contributed by atoms with van der Waals surface area (Å²) < 4.78 is 0.117. The third kappa shape index (κ3) is 3.69. The van der Waals surface area contributed by atoms with Crippen LogP contribution in [0.4, 0.5) is 5.69 Å². The Morgan fingerprint density at radius 3 is 2.68 bits per heavy atom. The summed E-state index contributed by atoms with van der Waals surface area (Å²) >= 11 is 7.08. The monoisotopic (exact) mass is 385 g/mol. The summed E-state index contributed by atoms with van der Waals surface area (Å²) in [5.41, 5.74) is 3.43. The first-order valence-corrected chi connectivity index (χ1v) is 8.35. The highest BCUT2D eigenvalue weighted by atomic mass is 79.9. The number of anilines is 1. The topological polar surface area (TPSA) is 20.3 Å². The van der Waals surface area contributed by atoms with Gasteiger partial charge in [0, 0.05) is 18.3 Å². The van der Waals surface area contributed by atoms with Crippen molar-refractivity contribution in [3.8, 4) is 0 Å². The standard InChI is InChI=1S/C15H17Br2NO/c1-2-3-5-11-8-12(15(16)17)10-13(9-11)18-7-4-6-14(18)19/h4,6,8-10,15H,2-3,5,7H2,1H3. The van der Waals surface area contributed by atoms with Gasteiger partial charge >= 0.3 is 0 Å². The van der Waals surface area contributed by atoms with E-state index in [1.54, 1.807) is 11.0 Å². The summed E-state index contributed by atoms with van der Waals surface area (Å²) in [4.78, 5) is 13.6. The molecule has 0 radical (unpaired) electrons. The van der Waals surface area contributed by atoms with Gasteiger partial charge < -0.3 is 4.90 Å². The van der Waals surface area contributed by atoms with Crippen molar-refractivity contribution in [3.05, 3.63) is 41.5 Å². The Hall–Kier alpha value is -0.610. The summed E-state index contributed by atoms with van der Waals surface area (Å²) in [7, 11) is 0. The molecule has 102 valence electrons. The van der Waals surface area contributed by atoms with Crippen molar-refractivity contribution in [2.24, 2.45) is 0 Å². The molecule has 0 saturated carbocycles. The molecule has 1 aromatic rings. The molecule has 1 aliphatic rings. The highest BCUT2D eigenvalue weighted by molar-refractivity contribution is 9.24. The van der Waals surface area contributed by atoms with Crippen LogP contribution in [0.15, 0.2) is 30.4 Å². The number of amides is 1. The van der Waals surface area contributed by atoms with Crippen LogP contribution in [0, 0.1) is 0 Å². The van der Waals surface area contributed by atoms with E-state index in [0.29, 0.717) is 6.54 Å². The van der Waals surface area contributed by atoms with Crippen molar-refractivity contribution < 1.29 is 4.79 Å². The zero-order chi connectivity index (χ0) is 13.8. The van der Waals surface area contributed by atoms with Crippen molar-refractivity contribution in [2.45, 2.75) is 29.9 Å². The summed E-state index contributed by atoms with van der Waals surface area (Å²) in [6.07, 6.45) is 6.94. The smallest absolute Gasteiger partial charge is 0.251 e. The second-order valence-electron chi connectivity index (χ2n) is 4.69. The zero-order valence-electron chi connectivity index (χ0n) is 10.9. The summed E-state index contributed by atoms with van der Waals surface area (Å²) in [6.45, 7) is 2.86. The van der Waals surface area contributed by atoms with Gasteiger partial charge in [0.2, 0.25) is 0 Å². The molecule has 0 atom stereocenters. The van der Waals surface area contributed by atoms with E-state index in [2.05, 4.69) is 57.0 Å². The Kier molecular flexibility index (Phi) is 5.22. The van der Waals surface area contributed by atoms with Crippen LogP contribution in [0.5, 0.6) is 0 Å². The molecule has 0 aliphatic carbocycles. The van der Waals surface area contributed by atoms with Gasteiger partial charge in [0.15, 0.2) is 0 Å². The highest BCUT2D eigenvalue weighted by Gasteiger charge is 2.18. The molecule has 0 fully saturated rings. The van der Waals surface area contributed by atoms with E-state index >= 15 is 0 Å². The second-order valence-corrected chi connectivity index (χ2v) is 7.75. The van der Waals surface area contributed by atoms with Gasteiger partial charge in [0.05, 0.1) is 3.74 Å². The van der Waals surface area contributed by atoms with Gasteiger partial charge in [-0.2, -0.15) is 0 Å². The van der Waals surface area contributed by atoms with Gasteiger partial charge in [-0.3, -0.25) is 4.79 Å². The molecule has 0 saturated heterocycles. The first-order valence-electron chi connectivity index (χ1n) is 6.52. The number of benzene rings is 1. The molecule has 0 N–H and O–H groups in total. The molecule has 0 spiro atoms. The fraction of sp³-hybridized carbons (Fsp3) is 0.400. The van der Waals surface area contributed by atoms with Gasteiger partial charge in [0.25, 0.3) is 5.91 Å². The van der Waals surface area contributed by atoms with Gasteiger partial charge in [0.1, 0.15) is 0 Å². The SMILES string of the molecule is CCCCc1cc(C(Br)Br)cc(N2CC=CC2=O)c1. The highest BCUT2D eigenvalue weighted by Crippen LogP contribution is 2.33. The normalized spacial score (nSPS) is 14.7. The lowest BCUT2D eigenvalue weighted by Gasteiger charge is -2.19. The Bertz CT molecular complexity index is 497. The maximum Gasteiger partial charge on any atom is 0.251 e. The van der Waals surface area contributed by atoms with Crippen molar-refractivity contribution in [1.82, 2.24) is 0 Å². The molecule has 1 heterocycles. The maximum absolute atomic E-state index is 11.8. The van der Waals surface area contributed by atoms with Gasteiger partial charge in [-0.05, 0) is 36.1 Å². The van der Waals surface area contributed by atoms with Crippen LogP contribution in [0.3, 0.4) is 0 Å². The van der Waals surface area contributed by atoms with Gasteiger partial charge in [-0.25, -0.2) is 0 Å². The quantitative estimate of drug-likeness (QED) is 0.670. The number of nitrogens with zero attached hydrogens (tertiary/aromatic N) is 1. The van der Waals surface area contributed by atoms with E-state index in [1.165, 1.54) is 18.4 Å². The first kappa shape index (κ1) is 14.8. The van der Waals surface area contributed by atoms with Gasteiger partial charge in [-0.15, -0.1) is 0 Å².